The molecule has 0 aromatic rings. The highest BCUT2D eigenvalue weighted by atomic mass is 16.3. The third kappa shape index (κ3) is 2.08. The van der Waals surface area contributed by atoms with Gasteiger partial charge in [-0.3, -0.25) is 9.59 Å². The molecule has 0 bridgehead atoms. The molecule has 26 heavy (non-hydrogen) atoms. The van der Waals surface area contributed by atoms with Gasteiger partial charge in [0.1, 0.15) is 5.60 Å². The summed E-state index contributed by atoms with van der Waals surface area (Å²) in [6.45, 7) is 3.92. The Kier molecular flexibility index (Phi) is 3.89. The third-order valence-corrected chi connectivity index (χ3v) is 8.29. The number of rotatable bonds is 2. The molecule has 4 aliphatic rings. The van der Waals surface area contributed by atoms with Crippen LogP contribution in [0.25, 0.3) is 0 Å². The second-order valence-corrected chi connectivity index (χ2v) is 9.24. The Hall–Kier alpha value is -1.30. The molecule has 0 saturated heterocycles. The van der Waals surface area contributed by atoms with Crippen LogP contribution >= 0.6 is 0 Å². The molecule has 4 aliphatic carbocycles. The Morgan fingerprint density at radius 2 is 2.08 bits per heavy atom. The fourth-order valence-electron chi connectivity index (χ4n) is 6.96. The summed E-state index contributed by atoms with van der Waals surface area (Å²) >= 11 is 0. The van der Waals surface area contributed by atoms with Crippen LogP contribution in [0.4, 0.5) is 0 Å². The zero-order chi connectivity index (χ0) is 18.9. The number of fused-ring (bicyclic) bond motifs is 5. The topological polar surface area (TPSA) is 101 Å². The van der Waals surface area contributed by atoms with E-state index >= 15 is 0 Å². The first-order valence-corrected chi connectivity index (χ1v) is 9.75. The van der Waals surface area contributed by atoms with Crippen molar-refractivity contribution in [3.8, 4) is 0 Å². The van der Waals surface area contributed by atoms with Crippen molar-refractivity contribution < 1.29 is 19.8 Å². The van der Waals surface area contributed by atoms with Crippen molar-refractivity contribution in [3.05, 3.63) is 23.8 Å². The largest absolute Gasteiger partial charge is 0.393 e. The first kappa shape index (κ1) is 18.1. The highest BCUT2D eigenvalue weighted by Crippen LogP contribution is 2.66. The molecule has 0 aromatic heterocycles. The van der Waals surface area contributed by atoms with Crippen LogP contribution in [-0.4, -0.2) is 40.0 Å². The lowest BCUT2D eigenvalue weighted by Crippen LogP contribution is -2.62. The van der Waals surface area contributed by atoms with Gasteiger partial charge >= 0.3 is 0 Å². The summed E-state index contributed by atoms with van der Waals surface area (Å²) in [5, 5.41) is 22.4. The molecule has 0 unspecified atom stereocenters. The number of hydrogen-bond donors (Lipinski definition) is 3. The van der Waals surface area contributed by atoms with E-state index in [-0.39, 0.29) is 41.3 Å². The molecule has 7 atom stereocenters. The van der Waals surface area contributed by atoms with Crippen molar-refractivity contribution in [3.63, 3.8) is 0 Å². The fourth-order valence-corrected chi connectivity index (χ4v) is 6.96. The van der Waals surface area contributed by atoms with Crippen LogP contribution in [-0.2, 0) is 9.59 Å². The maximum atomic E-state index is 12.5. The number of aliphatic hydroxyl groups is 2. The lowest BCUT2D eigenvalue weighted by molar-refractivity contribution is -0.175. The summed E-state index contributed by atoms with van der Waals surface area (Å²) in [5.74, 6) is 0.137. The molecule has 0 spiro atoms. The van der Waals surface area contributed by atoms with Crippen LogP contribution < -0.4 is 5.73 Å². The predicted octanol–water partition coefficient (Wildman–Crippen LogP) is 1.52. The number of carbonyl (C=O) groups is 2. The quantitative estimate of drug-likeness (QED) is 0.694. The van der Waals surface area contributed by atoms with Gasteiger partial charge in [0.25, 0.3) is 0 Å². The molecule has 0 aromatic carbocycles. The number of hydrogen-bond acceptors (Lipinski definition) is 5. The maximum Gasteiger partial charge on any atom is 0.178 e. The summed E-state index contributed by atoms with van der Waals surface area (Å²) in [7, 11) is 0. The minimum Gasteiger partial charge on any atom is -0.393 e. The highest BCUT2D eigenvalue weighted by molar-refractivity contribution is 6.01. The van der Waals surface area contributed by atoms with Crippen LogP contribution in [0.5, 0.6) is 0 Å². The summed E-state index contributed by atoms with van der Waals surface area (Å²) in [4.78, 5) is 24.3. The third-order valence-electron chi connectivity index (χ3n) is 8.29. The van der Waals surface area contributed by atoms with E-state index in [1.54, 1.807) is 12.2 Å². The standard InChI is InChI=1S/C21H29NO4/c1-19-7-5-13(23)9-12(19)3-4-14-15-6-8-21(26,17(25)11-22)20(15,2)10-16(24)18(14)19/h5,7,9,14-16,18,24,26H,3-4,6,8,10-11,22H2,1-2H3/t14-,15-,16+,18-,19+,20+,21+/m1/s1. The van der Waals surface area contributed by atoms with Crippen molar-refractivity contribution in [2.45, 2.75) is 57.7 Å². The van der Waals surface area contributed by atoms with Crippen molar-refractivity contribution in [1.29, 1.82) is 0 Å². The van der Waals surface area contributed by atoms with E-state index in [1.807, 2.05) is 13.0 Å². The first-order valence-electron chi connectivity index (χ1n) is 9.75. The zero-order valence-corrected chi connectivity index (χ0v) is 15.6. The minimum absolute atomic E-state index is 0.0141. The number of allylic oxidation sites excluding steroid dienone is 4. The molecule has 0 heterocycles. The highest BCUT2D eigenvalue weighted by Gasteiger charge is 2.67. The van der Waals surface area contributed by atoms with Gasteiger partial charge in [-0.2, -0.15) is 0 Å². The lowest BCUT2D eigenvalue weighted by atomic mass is 9.46. The van der Waals surface area contributed by atoms with E-state index < -0.39 is 17.1 Å². The monoisotopic (exact) mass is 359 g/mol. The van der Waals surface area contributed by atoms with Crippen molar-refractivity contribution in [2.24, 2.45) is 34.3 Å². The Bertz CT molecular complexity index is 728. The van der Waals surface area contributed by atoms with Crippen molar-refractivity contribution in [1.82, 2.24) is 0 Å². The van der Waals surface area contributed by atoms with E-state index in [4.69, 9.17) is 5.73 Å². The van der Waals surface area contributed by atoms with Gasteiger partial charge in [-0.1, -0.05) is 25.5 Å². The Morgan fingerprint density at radius 1 is 1.35 bits per heavy atom. The van der Waals surface area contributed by atoms with Gasteiger partial charge in [0, 0.05) is 16.7 Å². The van der Waals surface area contributed by atoms with E-state index in [0.29, 0.717) is 12.8 Å². The molecular weight excluding hydrogens is 330 g/mol. The Morgan fingerprint density at radius 3 is 2.77 bits per heavy atom. The number of aliphatic hydroxyl groups excluding tert-OH is 1. The number of carbonyl (C=O) groups excluding carboxylic acids is 2. The second-order valence-electron chi connectivity index (χ2n) is 9.24. The molecule has 3 fully saturated rings. The van der Waals surface area contributed by atoms with Gasteiger partial charge in [0.15, 0.2) is 11.6 Å². The van der Waals surface area contributed by atoms with Crippen LogP contribution in [0, 0.1) is 28.6 Å². The summed E-state index contributed by atoms with van der Waals surface area (Å²) in [5.41, 5.74) is 4.29. The van der Waals surface area contributed by atoms with E-state index in [2.05, 4.69) is 6.92 Å². The zero-order valence-electron chi connectivity index (χ0n) is 15.6. The maximum absolute atomic E-state index is 12.5. The van der Waals surface area contributed by atoms with E-state index in [9.17, 15) is 19.8 Å². The smallest absolute Gasteiger partial charge is 0.178 e. The van der Waals surface area contributed by atoms with Crippen LogP contribution in [0.1, 0.15) is 46.0 Å². The summed E-state index contributed by atoms with van der Waals surface area (Å²) in [6.07, 6.45) is 8.02. The SMILES string of the molecule is C[C@]12C=CC(=O)C=C1CC[C@H]1[C@@H]2[C@@H](O)C[C@@]2(C)[C@@H]1CC[C@]2(O)C(=O)CN. The van der Waals surface area contributed by atoms with Gasteiger partial charge in [-0.15, -0.1) is 0 Å². The normalized spacial score (nSPS) is 49.9. The average Bonchev–Trinajstić information content (AvgIpc) is 2.86. The molecule has 4 N–H and O–H groups in total. The van der Waals surface area contributed by atoms with Gasteiger partial charge < -0.3 is 15.9 Å². The molecule has 3 saturated carbocycles. The van der Waals surface area contributed by atoms with Crippen LogP contribution in [0.2, 0.25) is 0 Å². The summed E-state index contributed by atoms with van der Waals surface area (Å²) < 4.78 is 0. The summed E-state index contributed by atoms with van der Waals surface area (Å²) in [6, 6.07) is 0. The van der Waals surface area contributed by atoms with Gasteiger partial charge in [0.05, 0.1) is 12.6 Å². The van der Waals surface area contributed by atoms with E-state index in [1.165, 1.54) is 0 Å². The van der Waals surface area contributed by atoms with Crippen LogP contribution in [0.3, 0.4) is 0 Å². The molecule has 0 aliphatic heterocycles. The number of Topliss-reactive ketones (excluding diaryl/α,β-unsaturated/α-hetero) is 1. The van der Waals surface area contributed by atoms with Crippen molar-refractivity contribution >= 4 is 11.6 Å². The molecule has 5 heteroatoms. The predicted molar refractivity (Wildman–Crippen MR) is 97.0 cm³/mol. The molecule has 5 nitrogen and oxygen atoms in total. The second kappa shape index (κ2) is 5.60. The fraction of sp³-hybridized carbons (Fsp3) is 0.714. The van der Waals surface area contributed by atoms with Crippen LogP contribution in [0.15, 0.2) is 23.8 Å². The molecular formula is C21H29NO4. The average molecular weight is 359 g/mol. The Balaban J connectivity index is 1.75. The molecule has 4 rings (SSSR count). The van der Waals surface area contributed by atoms with E-state index in [0.717, 1.165) is 24.8 Å². The molecule has 0 radical (unpaired) electrons. The lowest BCUT2D eigenvalue weighted by Gasteiger charge is -2.59. The first-order chi connectivity index (χ1) is 12.2. The molecule has 0 amide bonds. The van der Waals surface area contributed by atoms with Gasteiger partial charge in [-0.25, -0.2) is 0 Å². The van der Waals surface area contributed by atoms with Gasteiger partial charge in [-0.05, 0) is 56.1 Å². The Labute approximate surface area is 154 Å². The van der Waals surface area contributed by atoms with Gasteiger partial charge in [0.2, 0.25) is 0 Å². The number of ketones is 2. The van der Waals surface area contributed by atoms with Crippen molar-refractivity contribution in [2.75, 3.05) is 6.54 Å². The number of nitrogens with two attached hydrogens (primary N) is 1. The minimum atomic E-state index is -1.44. The molecule has 142 valence electrons.